The molecule has 0 aliphatic carbocycles. The zero-order chi connectivity index (χ0) is 13.0. The maximum absolute atomic E-state index is 13.1. The number of halogens is 2. The van der Waals surface area contributed by atoms with Crippen LogP contribution >= 0.6 is 15.9 Å². The number of hydrogen-bond acceptors (Lipinski definition) is 1. The maximum Gasteiger partial charge on any atom is 0.123 e. The van der Waals surface area contributed by atoms with Crippen molar-refractivity contribution in [3.63, 3.8) is 0 Å². The summed E-state index contributed by atoms with van der Waals surface area (Å²) in [5, 5.41) is 3.32. The van der Waals surface area contributed by atoms with E-state index >= 15 is 0 Å². The van der Waals surface area contributed by atoms with Crippen LogP contribution in [0.1, 0.15) is 16.7 Å². The molecule has 0 amide bonds. The minimum Gasteiger partial charge on any atom is -0.309 e. The maximum atomic E-state index is 13.1. The molecule has 0 saturated heterocycles. The Morgan fingerprint density at radius 1 is 1.06 bits per heavy atom. The third-order valence-corrected chi connectivity index (χ3v) is 3.40. The van der Waals surface area contributed by atoms with Gasteiger partial charge in [0.1, 0.15) is 5.82 Å². The lowest BCUT2D eigenvalue weighted by Gasteiger charge is -2.08. The molecule has 0 spiro atoms. The standard InChI is InChI=1S/C15H15BrFN/c1-11-2-7-15(17)8-13(11)10-18-9-12-3-5-14(16)6-4-12/h2-8,18H,9-10H2,1H3. The highest BCUT2D eigenvalue weighted by atomic mass is 79.9. The van der Waals surface area contributed by atoms with Gasteiger partial charge in [0.15, 0.2) is 0 Å². The van der Waals surface area contributed by atoms with E-state index in [1.165, 1.54) is 11.6 Å². The first kappa shape index (κ1) is 13.2. The molecule has 0 fully saturated rings. The third kappa shape index (κ3) is 3.65. The summed E-state index contributed by atoms with van der Waals surface area (Å²) in [6, 6.07) is 13.1. The highest BCUT2D eigenvalue weighted by Gasteiger charge is 2.00. The fraction of sp³-hybridized carbons (Fsp3) is 0.200. The van der Waals surface area contributed by atoms with Gasteiger partial charge in [0, 0.05) is 17.6 Å². The van der Waals surface area contributed by atoms with Crippen LogP contribution in [0.5, 0.6) is 0 Å². The Morgan fingerprint density at radius 3 is 2.50 bits per heavy atom. The van der Waals surface area contributed by atoms with Crippen molar-refractivity contribution in [3.8, 4) is 0 Å². The Kier molecular flexibility index (Phi) is 4.50. The van der Waals surface area contributed by atoms with Crippen LogP contribution in [0.3, 0.4) is 0 Å². The van der Waals surface area contributed by atoms with E-state index in [-0.39, 0.29) is 5.82 Å². The molecule has 2 rings (SSSR count). The van der Waals surface area contributed by atoms with Crippen molar-refractivity contribution in [2.24, 2.45) is 0 Å². The van der Waals surface area contributed by atoms with E-state index in [2.05, 4.69) is 33.4 Å². The molecule has 0 atom stereocenters. The summed E-state index contributed by atoms with van der Waals surface area (Å²) in [4.78, 5) is 0. The number of hydrogen-bond donors (Lipinski definition) is 1. The molecule has 1 N–H and O–H groups in total. The summed E-state index contributed by atoms with van der Waals surface area (Å²) < 4.78 is 14.2. The molecular weight excluding hydrogens is 293 g/mol. The number of nitrogens with one attached hydrogen (secondary N) is 1. The average Bonchev–Trinajstić information content (AvgIpc) is 2.36. The van der Waals surface area contributed by atoms with E-state index < -0.39 is 0 Å². The van der Waals surface area contributed by atoms with Crippen LogP contribution in [-0.4, -0.2) is 0 Å². The Bertz CT molecular complexity index is 523. The Hall–Kier alpha value is -1.19. The van der Waals surface area contributed by atoms with E-state index in [4.69, 9.17) is 0 Å². The van der Waals surface area contributed by atoms with E-state index in [0.717, 1.165) is 22.1 Å². The SMILES string of the molecule is Cc1ccc(F)cc1CNCc1ccc(Br)cc1. The Morgan fingerprint density at radius 2 is 1.78 bits per heavy atom. The van der Waals surface area contributed by atoms with Crippen LogP contribution in [0.25, 0.3) is 0 Å². The monoisotopic (exact) mass is 307 g/mol. The first-order valence-corrected chi connectivity index (χ1v) is 6.64. The van der Waals surface area contributed by atoms with Crippen LogP contribution < -0.4 is 5.32 Å². The molecule has 18 heavy (non-hydrogen) atoms. The summed E-state index contributed by atoms with van der Waals surface area (Å²) >= 11 is 3.41. The van der Waals surface area contributed by atoms with Gasteiger partial charge >= 0.3 is 0 Å². The van der Waals surface area contributed by atoms with Gasteiger partial charge < -0.3 is 5.32 Å². The summed E-state index contributed by atoms with van der Waals surface area (Å²) in [5.41, 5.74) is 3.33. The zero-order valence-corrected chi connectivity index (χ0v) is 11.8. The van der Waals surface area contributed by atoms with Gasteiger partial charge in [-0.25, -0.2) is 4.39 Å². The van der Waals surface area contributed by atoms with Gasteiger partial charge in [-0.05, 0) is 47.9 Å². The topological polar surface area (TPSA) is 12.0 Å². The van der Waals surface area contributed by atoms with Gasteiger partial charge in [-0.2, -0.15) is 0 Å². The predicted octanol–water partition coefficient (Wildman–Crippen LogP) is 4.19. The van der Waals surface area contributed by atoms with Gasteiger partial charge in [-0.1, -0.05) is 34.1 Å². The van der Waals surface area contributed by atoms with Gasteiger partial charge in [-0.3, -0.25) is 0 Å². The Balaban J connectivity index is 1.92. The van der Waals surface area contributed by atoms with E-state index in [9.17, 15) is 4.39 Å². The molecule has 0 unspecified atom stereocenters. The number of aryl methyl sites for hydroxylation is 1. The van der Waals surface area contributed by atoms with E-state index in [1.54, 1.807) is 6.07 Å². The van der Waals surface area contributed by atoms with E-state index in [1.807, 2.05) is 25.1 Å². The molecule has 0 heterocycles. The molecule has 0 aromatic heterocycles. The molecule has 2 aromatic carbocycles. The van der Waals surface area contributed by atoms with Crippen molar-refractivity contribution in [1.29, 1.82) is 0 Å². The largest absolute Gasteiger partial charge is 0.309 e. The quantitative estimate of drug-likeness (QED) is 0.893. The van der Waals surface area contributed by atoms with E-state index in [0.29, 0.717) is 6.54 Å². The predicted molar refractivity (Wildman–Crippen MR) is 75.8 cm³/mol. The molecule has 3 heteroatoms. The second-order valence-corrected chi connectivity index (χ2v) is 5.22. The first-order chi connectivity index (χ1) is 8.65. The normalized spacial score (nSPS) is 10.6. The van der Waals surface area contributed by atoms with Crippen molar-refractivity contribution in [3.05, 3.63) is 69.4 Å². The lowest BCUT2D eigenvalue weighted by molar-refractivity contribution is 0.619. The van der Waals surface area contributed by atoms with Crippen LogP contribution in [0.15, 0.2) is 46.9 Å². The van der Waals surface area contributed by atoms with Crippen LogP contribution in [0.2, 0.25) is 0 Å². The van der Waals surface area contributed by atoms with Crippen LogP contribution in [0, 0.1) is 12.7 Å². The average molecular weight is 308 g/mol. The van der Waals surface area contributed by atoms with Crippen molar-refractivity contribution in [1.82, 2.24) is 5.32 Å². The van der Waals surface area contributed by atoms with Gasteiger partial charge in [-0.15, -0.1) is 0 Å². The fourth-order valence-corrected chi connectivity index (χ4v) is 2.04. The van der Waals surface area contributed by atoms with Crippen LogP contribution in [0.4, 0.5) is 4.39 Å². The first-order valence-electron chi connectivity index (χ1n) is 5.85. The zero-order valence-electron chi connectivity index (χ0n) is 10.2. The molecule has 0 radical (unpaired) electrons. The highest BCUT2D eigenvalue weighted by molar-refractivity contribution is 9.10. The third-order valence-electron chi connectivity index (χ3n) is 2.87. The molecule has 0 bridgehead atoms. The van der Waals surface area contributed by atoms with Crippen molar-refractivity contribution >= 4 is 15.9 Å². The Labute approximate surface area is 115 Å². The minimum absolute atomic E-state index is 0.180. The molecule has 1 nitrogen and oxygen atoms in total. The van der Waals surface area contributed by atoms with Crippen molar-refractivity contribution in [2.75, 3.05) is 0 Å². The molecule has 0 aliphatic rings. The van der Waals surface area contributed by atoms with Crippen molar-refractivity contribution < 1.29 is 4.39 Å². The van der Waals surface area contributed by atoms with Gasteiger partial charge in [0.05, 0.1) is 0 Å². The smallest absolute Gasteiger partial charge is 0.123 e. The van der Waals surface area contributed by atoms with Gasteiger partial charge in [0.2, 0.25) is 0 Å². The second-order valence-electron chi connectivity index (χ2n) is 4.30. The minimum atomic E-state index is -0.180. The summed E-state index contributed by atoms with van der Waals surface area (Å²) in [7, 11) is 0. The lowest BCUT2D eigenvalue weighted by atomic mass is 10.1. The molecule has 0 saturated carbocycles. The molecule has 2 aromatic rings. The number of benzene rings is 2. The van der Waals surface area contributed by atoms with Gasteiger partial charge in [0.25, 0.3) is 0 Å². The summed E-state index contributed by atoms with van der Waals surface area (Å²) in [5.74, 6) is -0.180. The summed E-state index contributed by atoms with van der Waals surface area (Å²) in [6.45, 7) is 3.46. The fourth-order valence-electron chi connectivity index (χ4n) is 1.77. The molecular formula is C15H15BrFN. The van der Waals surface area contributed by atoms with Crippen LogP contribution in [-0.2, 0) is 13.1 Å². The number of rotatable bonds is 4. The summed E-state index contributed by atoms with van der Waals surface area (Å²) in [6.07, 6.45) is 0. The van der Waals surface area contributed by atoms with Crippen molar-refractivity contribution in [2.45, 2.75) is 20.0 Å². The molecule has 0 aliphatic heterocycles. The molecule has 94 valence electrons. The lowest BCUT2D eigenvalue weighted by Crippen LogP contribution is -2.13. The second kappa shape index (κ2) is 6.12. The highest BCUT2D eigenvalue weighted by Crippen LogP contribution is 2.12.